The van der Waals surface area contributed by atoms with Crippen molar-refractivity contribution >= 4 is 5.96 Å². The number of aliphatic imine (C=N–C) groups is 1. The molecule has 3 rings (SSSR count). The number of guanidine groups is 1. The van der Waals surface area contributed by atoms with Crippen LogP contribution in [0.25, 0.3) is 0 Å². The summed E-state index contributed by atoms with van der Waals surface area (Å²) < 4.78 is 5.18. The zero-order valence-electron chi connectivity index (χ0n) is 16.3. The molecule has 2 atom stereocenters. The summed E-state index contributed by atoms with van der Waals surface area (Å²) in [6, 6.07) is 2.11. The molecule has 6 nitrogen and oxygen atoms in total. The second-order valence-electron chi connectivity index (χ2n) is 8.08. The van der Waals surface area contributed by atoms with Gasteiger partial charge in [-0.15, -0.1) is 0 Å². The molecule has 0 radical (unpaired) electrons. The van der Waals surface area contributed by atoms with Crippen molar-refractivity contribution in [2.75, 3.05) is 53.5 Å². The van der Waals surface area contributed by atoms with Crippen molar-refractivity contribution < 1.29 is 4.74 Å². The van der Waals surface area contributed by atoms with E-state index in [1.54, 1.807) is 7.11 Å². The van der Waals surface area contributed by atoms with E-state index in [0.717, 1.165) is 37.6 Å². The summed E-state index contributed by atoms with van der Waals surface area (Å²) in [5.41, 5.74) is 0. The Kier molecular flexibility index (Phi) is 6.96. The molecule has 3 aliphatic rings. The lowest BCUT2D eigenvalue weighted by atomic mass is 9.97. The highest BCUT2D eigenvalue weighted by Gasteiger charge is 2.38. The van der Waals surface area contributed by atoms with Gasteiger partial charge in [0.25, 0.3) is 0 Å². The molecular weight excluding hydrogens is 314 g/mol. The van der Waals surface area contributed by atoms with E-state index in [4.69, 9.17) is 4.74 Å². The summed E-state index contributed by atoms with van der Waals surface area (Å²) in [5, 5.41) is 7.23. The monoisotopic (exact) mass is 351 g/mol. The smallest absolute Gasteiger partial charge is 0.191 e. The maximum atomic E-state index is 5.18. The lowest BCUT2D eigenvalue weighted by Gasteiger charge is -2.32. The number of nitrogens with one attached hydrogen (secondary N) is 2. The zero-order valence-corrected chi connectivity index (χ0v) is 16.3. The number of nitrogens with zero attached hydrogens (tertiary/aromatic N) is 3. The third-order valence-corrected chi connectivity index (χ3v) is 6.08. The summed E-state index contributed by atoms with van der Waals surface area (Å²) >= 11 is 0. The summed E-state index contributed by atoms with van der Waals surface area (Å²) in [6.45, 7) is 8.87. The van der Waals surface area contributed by atoms with E-state index in [2.05, 4.69) is 32.3 Å². The Balaban J connectivity index is 1.34. The highest BCUT2D eigenvalue weighted by Crippen LogP contribution is 2.33. The van der Waals surface area contributed by atoms with Gasteiger partial charge in [-0.05, 0) is 58.0 Å². The van der Waals surface area contributed by atoms with Crippen LogP contribution >= 0.6 is 0 Å². The van der Waals surface area contributed by atoms with E-state index < -0.39 is 0 Å². The average Bonchev–Trinajstić information content (AvgIpc) is 3.41. The van der Waals surface area contributed by atoms with Crippen LogP contribution in [-0.2, 0) is 4.74 Å². The molecule has 2 heterocycles. The van der Waals surface area contributed by atoms with Gasteiger partial charge >= 0.3 is 0 Å². The second kappa shape index (κ2) is 9.19. The van der Waals surface area contributed by atoms with Crippen LogP contribution in [0.4, 0.5) is 0 Å². The van der Waals surface area contributed by atoms with Gasteiger partial charge in [0.2, 0.25) is 0 Å². The SMILES string of the molecule is CN=C(NCC1CCN(CCOC)CC1)NC1CC(C)N(C2CC2)C1. The van der Waals surface area contributed by atoms with E-state index in [9.17, 15) is 0 Å². The van der Waals surface area contributed by atoms with Gasteiger partial charge in [0.15, 0.2) is 5.96 Å². The molecule has 0 amide bonds. The van der Waals surface area contributed by atoms with E-state index in [0.29, 0.717) is 12.1 Å². The highest BCUT2D eigenvalue weighted by molar-refractivity contribution is 5.80. The molecule has 0 aromatic heterocycles. The van der Waals surface area contributed by atoms with Gasteiger partial charge in [-0.25, -0.2) is 0 Å². The summed E-state index contributed by atoms with van der Waals surface area (Å²) in [5.74, 6) is 1.74. The molecular formula is C19H37N5O. The Bertz CT molecular complexity index is 432. The van der Waals surface area contributed by atoms with E-state index >= 15 is 0 Å². The molecule has 0 aromatic carbocycles. The van der Waals surface area contributed by atoms with Crippen LogP contribution in [0, 0.1) is 5.92 Å². The minimum atomic E-state index is 0.540. The van der Waals surface area contributed by atoms with Crippen LogP contribution in [-0.4, -0.2) is 87.4 Å². The molecule has 2 unspecified atom stereocenters. The first-order valence-electron chi connectivity index (χ1n) is 10.1. The maximum Gasteiger partial charge on any atom is 0.191 e. The van der Waals surface area contributed by atoms with E-state index in [-0.39, 0.29) is 0 Å². The van der Waals surface area contributed by atoms with Gasteiger partial charge in [-0.3, -0.25) is 9.89 Å². The van der Waals surface area contributed by atoms with E-state index in [1.165, 1.54) is 51.7 Å². The number of hydrogen-bond acceptors (Lipinski definition) is 4. The van der Waals surface area contributed by atoms with Crippen molar-refractivity contribution in [1.82, 2.24) is 20.4 Å². The summed E-state index contributed by atoms with van der Waals surface area (Å²) in [6.07, 6.45) is 6.56. The highest BCUT2D eigenvalue weighted by atomic mass is 16.5. The van der Waals surface area contributed by atoms with E-state index in [1.807, 2.05) is 7.05 Å². The average molecular weight is 352 g/mol. The first kappa shape index (κ1) is 18.9. The number of rotatable bonds is 7. The van der Waals surface area contributed by atoms with Crippen LogP contribution in [0.1, 0.15) is 39.0 Å². The quantitative estimate of drug-likeness (QED) is 0.532. The van der Waals surface area contributed by atoms with Crippen molar-refractivity contribution in [2.24, 2.45) is 10.9 Å². The Hall–Kier alpha value is -0.850. The number of hydrogen-bond donors (Lipinski definition) is 2. The Morgan fingerprint density at radius 3 is 2.60 bits per heavy atom. The third kappa shape index (κ3) is 5.56. The van der Waals surface area contributed by atoms with Crippen molar-refractivity contribution in [3.05, 3.63) is 0 Å². The Labute approximate surface area is 153 Å². The number of ether oxygens (including phenoxy) is 1. The fourth-order valence-electron chi connectivity index (χ4n) is 4.34. The predicted molar refractivity (Wildman–Crippen MR) is 103 cm³/mol. The fraction of sp³-hybridized carbons (Fsp3) is 0.947. The molecule has 25 heavy (non-hydrogen) atoms. The first-order valence-corrected chi connectivity index (χ1v) is 10.1. The molecule has 1 aliphatic carbocycles. The molecule has 1 saturated carbocycles. The largest absolute Gasteiger partial charge is 0.383 e. The Morgan fingerprint density at radius 2 is 1.96 bits per heavy atom. The maximum absolute atomic E-state index is 5.18. The summed E-state index contributed by atoms with van der Waals surface area (Å²) in [4.78, 5) is 9.65. The molecule has 6 heteroatoms. The van der Waals surface area contributed by atoms with Gasteiger partial charge in [-0.1, -0.05) is 0 Å². The number of likely N-dealkylation sites (tertiary alicyclic amines) is 2. The van der Waals surface area contributed by atoms with Crippen molar-refractivity contribution in [2.45, 2.75) is 57.2 Å². The summed E-state index contributed by atoms with van der Waals surface area (Å²) in [7, 11) is 3.67. The van der Waals surface area contributed by atoms with Gasteiger partial charge in [0.1, 0.15) is 0 Å². The minimum absolute atomic E-state index is 0.540. The molecule has 0 spiro atoms. The number of piperidine rings is 1. The van der Waals surface area contributed by atoms with Gasteiger partial charge in [0.05, 0.1) is 6.61 Å². The zero-order chi connectivity index (χ0) is 17.6. The third-order valence-electron chi connectivity index (χ3n) is 6.08. The van der Waals surface area contributed by atoms with Crippen molar-refractivity contribution in [3.8, 4) is 0 Å². The molecule has 0 aromatic rings. The molecule has 2 aliphatic heterocycles. The van der Waals surface area contributed by atoms with Gasteiger partial charge in [-0.2, -0.15) is 0 Å². The molecule has 3 fully saturated rings. The lowest BCUT2D eigenvalue weighted by Crippen LogP contribution is -2.47. The normalized spacial score (nSPS) is 30.0. The topological polar surface area (TPSA) is 52.1 Å². The first-order chi connectivity index (χ1) is 12.2. The minimum Gasteiger partial charge on any atom is -0.383 e. The van der Waals surface area contributed by atoms with Crippen LogP contribution < -0.4 is 10.6 Å². The molecule has 2 N–H and O–H groups in total. The second-order valence-corrected chi connectivity index (χ2v) is 8.08. The number of methoxy groups -OCH3 is 1. The van der Waals surface area contributed by atoms with Crippen molar-refractivity contribution in [3.63, 3.8) is 0 Å². The van der Waals surface area contributed by atoms with Crippen LogP contribution in [0.15, 0.2) is 4.99 Å². The molecule has 144 valence electrons. The van der Waals surface area contributed by atoms with Gasteiger partial charge in [0, 0.05) is 51.9 Å². The predicted octanol–water partition coefficient (Wildman–Crippen LogP) is 1.14. The standard InChI is InChI=1S/C19H37N5O/c1-15-12-17(14-24(15)18-4-5-18)22-19(20-2)21-13-16-6-8-23(9-7-16)10-11-25-3/h15-18H,4-14H2,1-3H3,(H2,20,21,22). The van der Waals surface area contributed by atoms with Crippen LogP contribution in [0.5, 0.6) is 0 Å². The van der Waals surface area contributed by atoms with Gasteiger partial charge < -0.3 is 20.3 Å². The molecule has 2 saturated heterocycles. The van der Waals surface area contributed by atoms with Crippen molar-refractivity contribution in [1.29, 1.82) is 0 Å². The molecule has 0 bridgehead atoms. The Morgan fingerprint density at radius 1 is 1.20 bits per heavy atom. The van der Waals surface area contributed by atoms with Crippen LogP contribution in [0.3, 0.4) is 0 Å². The fourth-order valence-corrected chi connectivity index (χ4v) is 4.34. The van der Waals surface area contributed by atoms with Crippen LogP contribution in [0.2, 0.25) is 0 Å². The lowest BCUT2D eigenvalue weighted by molar-refractivity contribution is 0.121.